The van der Waals surface area contributed by atoms with Crippen LogP contribution in [0.2, 0.25) is 0 Å². The highest BCUT2D eigenvalue weighted by Gasteiger charge is 2.15. The van der Waals surface area contributed by atoms with Gasteiger partial charge in [0.1, 0.15) is 0 Å². The molecule has 0 aliphatic rings. The maximum absolute atomic E-state index is 12.3. The van der Waals surface area contributed by atoms with E-state index in [0.29, 0.717) is 4.83 Å². The van der Waals surface area contributed by atoms with Gasteiger partial charge in [-0.1, -0.05) is 40.5 Å². The summed E-state index contributed by atoms with van der Waals surface area (Å²) in [5, 5.41) is 3.06. The Morgan fingerprint density at radius 1 is 1.22 bits per heavy atom. The van der Waals surface area contributed by atoms with E-state index in [4.69, 9.17) is 0 Å². The Morgan fingerprint density at radius 2 is 1.72 bits per heavy atom. The monoisotopic (exact) mass is 311 g/mol. The van der Waals surface area contributed by atoms with Crippen LogP contribution in [0.1, 0.15) is 47.3 Å². The summed E-state index contributed by atoms with van der Waals surface area (Å²) in [5.41, 5.74) is 4.10. The van der Waals surface area contributed by atoms with Crippen molar-refractivity contribution < 1.29 is 4.79 Å². The number of rotatable bonds is 4. The molecule has 2 unspecified atom stereocenters. The van der Waals surface area contributed by atoms with Crippen molar-refractivity contribution in [2.75, 3.05) is 0 Å². The molecule has 0 saturated carbocycles. The zero-order chi connectivity index (χ0) is 13.9. The molecular formula is C15H22BrNO. The molecule has 3 heteroatoms. The van der Waals surface area contributed by atoms with Gasteiger partial charge in [0.25, 0.3) is 5.91 Å². The van der Waals surface area contributed by atoms with Gasteiger partial charge in [-0.05, 0) is 45.2 Å². The van der Waals surface area contributed by atoms with Gasteiger partial charge >= 0.3 is 0 Å². The van der Waals surface area contributed by atoms with Gasteiger partial charge in [0.05, 0.1) is 0 Å². The molecule has 2 nitrogen and oxygen atoms in total. The average molecular weight is 312 g/mol. The molecule has 1 aromatic rings. The van der Waals surface area contributed by atoms with Gasteiger partial charge in [-0.25, -0.2) is 0 Å². The fourth-order valence-electron chi connectivity index (χ4n) is 2.38. The maximum Gasteiger partial charge on any atom is 0.252 e. The zero-order valence-corrected chi connectivity index (χ0v) is 13.4. The summed E-state index contributed by atoms with van der Waals surface area (Å²) in [5.74, 6) is 0.0330. The van der Waals surface area contributed by atoms with Crippen molar-refractivity contribution in [1.29, 1.82) is 0 Å². The van der Waals surface area contributed by atoms with E-state index >= 15 is 0 Å². The molecule has 0 spiro atoms. The van der Waals surface area contributed by atoms with Crippen LogP contribution in [0.3, 0.4) is 0 Å². The molecule has 2 atom stereocenters. The number of benzene rings is 1. The minimum Gasteiger partial charge on any atom is -0.350 e. The van der Waals surface area contributed by atoms with Gasteiger partial charge in [0, 0.05) is 16.4 Å². The second kappa shape index (κ2) is 6.37. The predicted octanol–water partition coefficient (Wildman–Crippen LogP) is 3.90. The first-order chi connectivity index (χ1) is 8.31. The quantitative estimate of drug-likeness (QED) is 0.839. The zero-order valence-electron chi connectivity index (χ0n) is 11.8. The molecular weight excluding hydrogens is 290 g/mol. The normalized spacial score (nSPS) is 14.1. The lowest BCUT2D eigenvalue weighted by Crippen LogP contribution is -2.34. The Kier molecular flexibility index (Phi) is 5.39. The third kappa shape index (κ3) is 4.13. The smallest absolute Gasteiger partial charge is 0.252 e. The predicted molar refractivity (Wildman–Crippen MR) is 80.6 cm³/mol. The number of alkyl halides is 1. The Morgan fingerprint density at radius 3 is 2.17 bits per heavy atom. The number of nitrogens with one attached hydrogen (secondary N) is 1. The van der Waals surface area contributed by atoms with E-state index in [9.17, 15) is 4.79 Å². The molecule has 1 aromatic carbocycles. The first-order valence-corrected chi connectivity index (χ1v) is 7.25. The van der Waals surface area contributed by atoms with Crippen molar-refractivity contribution >= 4 is 21.8 Å². The third-order valence-electron chi connectivity index (χ3n) is 2.96. The summed E-state index contributed by atoms with van der Waals surface area (Å²) < 4.78 is 0. The topological polar surface area (TPSA) is 29.1 Å². The Bertz CT molecular complexity index is 417. The highest BCUT2D eigenvalue weighted by Crippen LogP contribution is 2.17. The van der Waals surface area contributed by atoms with Crippen LogP contribution in [0.4, 0.5) is 0 Å². The molecule has 0 aliphatic carbocycles. The van der Waals surface area contributed by atoms with Crippen LogP contribution in [0.5, 0.6) is 0 Å². The highest BCUT2D eigenvalue weighted by molar-refractivity contribution is 9.09. The summed E-state index contributed by atoms with van der Waals surface area (Å²) in [6.45, 7) is 10.2. The van der Waals surface area contributed by atoms with E-state index in [1.807, 2.05) is 20.8 Å². The minimum absolute atomic E-state index is 0.0330. The highest BCUT2D eigenvalue weighted by atomic mass is 79.9. The van der Waals surface area contributed by atoms with Gasteiger partial charge < -0.3 is 5.32 Å². The fraction of sp³-hybridized carbons (Fsp3) is 0.533. The minimum atomic E-state index is 0.0330. The summed E-state index contributed by atoms with van der Waals surface area (Å²) in [7, 11) is 0. The molecule has 1 rings (SSSR count). The van der Waals surface area contributed by atoms with Gasteiger partial charge in [-0.3, -0.25) is 4.79 Å². The number of carbonyl (C=O) groups excluding carboxylic acids is 1. The second-order valence-corrected chi connectivity index (χ2v) is 6.73. The van der Waals surface area contributed by atoms with Crippen molar-refractivity contribution in [1.82, 2.24) is 5.32 Å². The molecule has 100 valence electrons. The Hall–Kier alpha value is -0.830. The fourth-order valence-corrected chi connectivity index (χ4v) is 2.94. The first-order valence-electron chi connectivity index (χ1n) is 6.34. The number of amides is 1. The number of aryl methyl sites for hydroxylation is 3. The lowest BCUT2D eigenvalue weighted by atomic mass is 9.99. The molecule has 0 fully saturated rings. The van der Waals surface area contributed by atoms with Crippen LogP contribution in [0.25, 0.3) is 0 Å². The third-order valence-corrected chi connectivity index (χ3v) is 3.33. The standard InChI is InChI=1S/C15H22BrNO/c1-9-6-10(2)14(11(3)7-9)15(18)17-13(5)8-12(4)16/h6-7,12-13H,8H2,1-5H3,(H,17,18). The molecule has 0 bridgehead atoms. The molecule has 1 amide bonds. The van der Waals surface area contributed by atoms with Crippen LogP contribution in [0.15, 0.2) is 12.1 Å². The van der Waals surface area contributed by atoms with Gasteiger partial charge in [-0.2, -0.15) is 0 Å². The molecule has 0 aromatic heterocycles. The molecule has 0 radical (unpaired) electrons. The summed E-state index contributed by atoms with van der Waals surface area (Å²) in [6, 6.07) is 4.28. The molecule has 0 heterocycles. The van der Waals surface area contributed by atoms with E-state index in [0.717, 1.165) is 23.1 Å². The van der Waals surface area contributed by atoms with Gasteiger partial charge in [0.15, 0.2) is 0 Å². The molecule has 1 N–H and O–H groups in total. The molecule has 0 aliphatic heterocycles. The van der Waals surface area contributed by atoms with E-state index in [-0.39, 0.29) is 11.9 Å². The number of hydrogen-bond donors (Lipinski definition) is 1. The number of carbonyl (C=O) groups is 1. The van der Waals surface area contributed by atoms with Crippen molar-refractivity contribution in [3.63, 3.8) is 0 Å². The van der Waals surface area contributed by atoms with E-state index in [1.54, 1.807) is 0 Å². The Balaban J connectivity index is 2.85. The maximum atomic E-state index is 12.3. The second-order valence-electron chi connectivity index (χ2n) is 5.16. The van der Waals surface area contributed by atoms with Gasteiger partial charge in [0.2, 0.25) is 0 Å². The van der Waals surface area contributed by atoms with Crippen molar-refractivity contribution in [2.45, 2.75) is 51.9 Å². The van der Waals surface area contributed by atoms with E-state index in [2.05, 4.69) is 47.2 Å². The first kappa shape index (κ1) is 15.2. The van der Waals surface area contributed by atoms with Crippen LogP contribution in [0, 0.1) is 20.8 Å². The van der Waals surface area contributed by atoms with Crippen LogP contribution >= 0.6 is 15.9 Å². The number of halogens is 1. The van der Waals surface area contributed by atoms with Gasteiger partial charge in [-0.15, -0.1) is 0 Å². The lowest BCUT2D eigenvalue weighted by molar-refractivity contribution is 0.0937. The average Bonchev–Trinajstić information content (AvgIpc) is 2.12. The number of hydrogen-bond acceptors (Lipinski definition) is 1. The SMILES string of the molecule is Cc1cc(C)c(C(=O)NC(C)CC(C)Br)c(C)c1. The molecule has 18 heavy (non-hydrogen) atoms. The van der Waals surface area contributed by atoms with E-state index < -0.39 is 0 Å². The van der Waals surface area contributed by atoms with E-state index in [1.165, 1.54) is 5.56 Å². The van der Waals surface area contributed by atoms with Crippen LogP contribution < -0.4 is 5.32 Å². The van der Waals surface area contributed by atoms with Crippen LogP contribution in [-0.4, -0.2) is 16.8 Å². The summed E-state index contributed by atoms with van der Waals surface area (Å²) >= 11 is 3.51. The lowest BCUT2D eigenvalue weighted by Gasteiger charge is -2.17. The summed E-state index contributed by atoms with van der Waals surface area (Å²) in [4.78, 5) is 12.7. The van der Waals surface area contributed by atoms with Crippen molar-refractivity contribution in [3.05, 3.63) is 34.4 Å². The largest absolute Gasteiger partial charge is 0.350 e. The molecule has 0 saturated heterocycles. The van der Waals surface area contributed by atoms with Crippen molar-refractivity contribution in [2.24, 2.45) is 0 Å². The van der Waals surface area contributed by atoms with Crippen molar-refractivity contribution in [3.8, 4) is 0 Å². The van der Waals surface area contributed by atoms with Crippen LogP contribution in [-0.2, 0) is 0 Å². The summed E-state index contributed by atoms with van der Waals surface area (Å²) in [6.07, 6.45) is 0.926. The Labute approximate surface area is 118 Å².